The van der Waals surface area contributed by atoms with Crippen LogP contribution < -0.4 is 15.2 Å². The number of hydrogen-bond acceptors (Lipinski definition) is 6. The first-order chi connectivity index (χ1) is 14.0. The molecule has 0 fully saturated rings. The Balaban J connectivity index is 1.51. The largest absolute Gasteiger partial charge is 0.493 e. The van der Waals surface area contributed by atoms with Crippen molar-refractivity contribution in [2.75, 3.05) is 17.1 Å². The minimum atomic E-state index is -3.73. The van der Waals surface area contributed by atoms with Gasteiger partial charge in [0.05, 0.1) is 11.5 Å². The number of amidine groups is 1. The fraction of sp³-hybridized carbons (Fsp3) is 0.190. The molecule has 2 aliphatic rings. The number of thioether (sulfide) groups is 1. The molecule has 29 heavy (non-hydrogen) atoms. The van der Waals surface area contributed by atoms with Gasteiger partial charge < -0.3 is 10.5 Å². The molecule has 0 amide bonds. The number of nitrogens with one attached hydrogen (secondary N) is 1. The smallest absolute Gasteiger partial charge is 0.261 e. The molecule has 0 saturated carbocycles. The summed E-state index contributed by atoms with van der Waals surface area (Å²) in [5.74, 6) is 1.46. The lowest BCUT2D eigenvalue weighted by atomic mass is 9.86. The minimum absolute atomic E-state index is 0.221. The molecule has 1 atom stereocenters. The van der Waals surface area contributed by atoms with Crippen LogP contribution in [0.25, 0.3) is 10.8 Å². The highest BCUT2D eigenvalue weighted by Gasteiger charge is 2.41. The van der Waals surface area contributed by atoms with Crippen LogP contribution in [0, 0.1) is 0 Å². The molecule has 0 saturated heterocycles. The first-order valence-electron chi connectivity index (χ1n) is 9.22. The van der Waals surface area contributed by atoms with Crippen LogP contribution in [0.15, 0.2) is 70.6 Å². The quantitative estimate of drug-likeness (QED) is 0.668. The fourth-order valence-corrected chi connectivity index (χ4v) is 5.91. The maximum Gasteiger partial charge on any atom is 0.261 e. The summed E-state index contributed by atoms with van der Waals surface area (Å²) in [6, 6.07) is 18.1. The zero-order valence-electron chi connectivity index (χ0n) is 15.5. The molecule has 2 aliphatic heterocycles. The number of hydrogen-bond donors (Lipinski definition) is 2. The Morgan fingerprint density at radius 2 is 1.90 bits per heavy atom. The molecule has 2 heterocycles. The number of ether oxygens (including phenoxy) is 1. The maximum atomic E-state index is 13.0. The Kier molecular flexibility index (Phi) is 4.22. The molecule has 1 unspecified atom stereocenters. The number of nitrogens with two attached hydrogens (primary N) is 1. The van der Waals surface area contributed by atoms with Crippen molar-refractivity contribution < 1.29 is 13.2 Å². The molecule has 0 bridgehead atoms. The average Bonchev–Trinajstić information content (AvgIpc) is 3.09. The minimum Gasteiger partial charge on any atom is -0.493 e. The lowest BCUT2D eigenvalue weighted by Crippen LogP contribution is -2.32. The van der Waals surface area contributed by atoms with Gasteiger partial charge in [0.25, 0.3) is 10.0 Å². The number of benzene rings is 3. The summed E-state index contributed by atoms with van der Waals surface area (Å²) in [5, 5.41) is 2.43. The third-order valence-corrected chi connectivity index (χ3v) is 7.71. The predicted octanol–water partition coefficient (Wildman–Crippen LogP) is 3.68. The molecule has 0 aromatic heterocycles. The van der Waals surface area contributed by atoms with E-state index >= 15 is 0 Å². The van der Waals surface area contributed by atoms with Crippen molar-refractivity contribution >= 4 is 43.4 Å². The molecule has 8 heteroatoms. The van der Waals surface area contributed by atoms with Gasteiger partial charge in [-0.1, -0.05) is 42.1 Å². The third kappa shape index (κ3) is 3.22. The second-order valence-corrected chi connectivity index (χ2v) is 9.87. The normalized spacial score (nSPS) is 20.9. The zero-order chi connectivity index (χ0) is 20.1. The van der Waals surface area contributed by atoms with Crippen LogP contribution in [-0.2, 0) is 15.6 Å². The van der Waals surface area contributed by atoms with Crippen LogP contribution in [0.3, 0.4) is 0 Å². The van der Waals surface area contributed by atoms with Crippen molar-refractivity contribution in [3.8, 4) is 5.75 Å². The first kappa shape index (κ1) is 18.3. The van der Waals surface area contributed by atoms with E-state index in [0.717, 1.165) is 27.8 Å². The van der Waals surface area contributed by atoms with Crippen molar-refractivity contribution in [2.45, 2.75) is 16.9 Å². The van der Waals surface area contributed by atoms with E-state index in [0.29, 0.717) is 23.9 Å². The Morgan fingerprint density at radius 3 is 2.69 bits per heavy atom. The Hall–Kier alpha value is -2.71. The van der Waals surface area contributed by atoms with Crippen molar-refractivity contribution in [1.82, 2.24) is 0 Å². The van der Waals surface area contributed by atoms with Gasteiger partial charge >= 0.3 is 0 Å². The first-order valence-corrected chi connectivity index (χ1v) is 11.7. The lowest BCUT2D eigenvalue weighted by molar-refractivity contribution is 0.232. The van der Waals surface area contributed by atoms with E-state index in [9.17, 15) is 8.42 Å². The number of aliphatic imine (C=N–C) groups is 1. The molecule has 5 rings (SSSR count). The molecule has 0 aliphatic carbocycles. The van der Waals surface area contributed by atoms with Gasteiger partial charge in [-0.05, 0) is 41.1 Å². The van der Waals surface area contributed by atoms with Crippen LogP contribution >= 0.6 is 11.8 Å². The summed E-state index contributed by atoms with van der Waals surface area (Å²) in [4.78, 5) is 4.87. The lowest BCUT2D eigenvalue weighted by Gasteiger charge is -2.32. The van der Waals surface area contributed by atoms with Crippen LogP contribution in [0.4, 0.5) is 5.69 Å². The fourth-order valence-electron chi connectivity index (χ4n) is 3.83. The van der Waals surface area contributed by atoms with Gasteiger partial charge in [-0.3, -0.25) is 9.71 Å². The molecule has 3 aromatic rings. The molecular formula is C21H19N3O3S2. The third-order valence-electron chi connectivity index (χ3n) is 5.32. The highest BCUT2D eigenvalue weighted by atomic mass is 32.2. The van der Waals surface area contributed by atoms with Crippen molar-refractivity contribution in [2.24, 2.45) is 10.7 Å². The van der Waals surface area contributed by atoms with Gasteiger partial charge in [-0.15, -0.1) is 0 Å². The number of sulfonamides is 1. The van der Waals surface area contributed by atoms with Gasteiger partial charge in [0.2, 0.25) is 0 Å². The van der Waals surface area contributed by atoms with Gasteiger partial charge in [0.15, 0.2) is 5.17 Å². The Morgan fingerprint density at radius 1 is 1.07 bits per heavy atom. The number of anilines is 1. The summed E-state index contributed by atoms with van der Waals surface area (Å²) < 4.78 is 34.4. The van der Waals surface area contributed by atoms with Gasteiger partial charge in [-0.2, -0.15) is 0 Å². The highest BCUT2D eigenvalue weighted by Crippen LogP contribution is 2.46. The average molecular weight is 426 g/mol. The summed E-state index contributed by atoms with van der Waals surface area (Å²) in [6.45, 7) is 0.562. The van der Waals surface area contributed by atoms with Crippen LogP contribution in [0.5, 0.6) is 5.75 Å². The van der Waals surface area contributed by atoms with E-state index in [1.54, 1.807) is 24.3 Å². The highest BCUT2D eigenvalue weighted by molar-refractivity contribution is 8.14. The maximum absolute atomic E-state index is 13.0. The van der Waals surface area contributed by atoms with Gasteiger partial charge in [0.1, 0.15) is 11.3 Å². The molecule has 3 N–H and O–H groups in total. The Labute approximate surface area is 173 Å². The monoisotopic (exact) mass is 425 g/mol. The summed E-state index contributed by atoms with van der Waals surface area (Å²) in [7, 11) is -3.73. The number of rotatable bonds is 3. The predicted molar refractivity (Wildman–Crippen MR) is 117 cm³/mol. The van der Waals surface area contributed by atoms with Crippen molar-refractivity contribution in [3.63, 3.8) is 0 Å². The second kappa shape index (κ2) is 6.67. The van der Waals surface area contributed by atoms with Crippen molar-refractivity contribution in [3.05, 3.63) is 66.2 Å². The zero-order valence-corrected chi connectivity index (χ0v) is 17.1. The van der Waals surface area contributed by atoms with Crippen LogP contribution in [0.2, 0.25) is 0 Å². The van der Waals surface area contributed by atoms with E-state index in [4.69, 9.17) is 10.5 Å². The molecule has 6 nitrogen and oxygen atoms in total. The van der Waals surface area contributed by atoms with Crippen LogP contribution in [0.1, 0.15) is 12.0 Å². The molecule has 148 valence electrons. The number of fused-ring (bicyclic) bond motifs is 3. The van der Waals surface area contributed by atoms with Crippen LogP contribution in [-0.4, -0.2) is 25.9 Å². The topological polar surface area (TPSA) is 93.8 Å². The Bertz CT molecular complexity index is 1260. The second-order valence-electron chi connectivity index (χ2n) is 7.19. The van der Waals surface area contributed by atoms with Gasteiger partial charge in [0, 0.05) is 23.4 Å². The van der Waals surface area contributed by atoms with Crippen molar-refractivity contribution in [1.29, 1.82) is 0 Å². The van der Waals surface area contributed by atoms with Gasteiger partial charge in [-0.25, -0.2) is 8.42 Å². The SMILES string of the molecule is NC1=NC2(CCOc3ccc(NS(=O)(=O)c4ccc5ccccc5c4)cc32)CS1. The summed E-state index contributed by atoms with van der Waals surface area (Å²) in [6.07, 6.45) is 0.717. The summed E-state index contributed by atoms with van der Waals surface area (Å²) >= 11 is 1.52. The van der Waals surface area contributed by atoms with E-state index in [1.165, 1.54) is 11.8 Å². The van der Waals surface area contributed by atoms with E-state index in [1.807, 2.05) is 36.4 Å². The van der Waals surface area contributed by atoms with E-state index in [2.05, 4.69) is 9.71 Å². The molecular weight excluding hydrogens is 406 g/mol. The molecule has 3 aromatic carbocycles. The molecule has 0 radical (unpaired) electrons. The standard InChI is InChI=1S/C21H19N3O3S2/c22-20-23-21(13-28-20)9-10-27-19-8-6-16(12-18(19)21)24-29(25,26)17-7-5-14-3-1-2-4-15(14)11-17/h1-8,11-12,24H,9-10,13H2,(H2,22,23). The summed E-state index contributed by atoms with van der Waals surface area (Å²) in [5.41, 5.74) is 6.82. The number of nitrogens with zero attached hydrogens (tertiary/aromatic N) is 1. The van der Waals surface area contributed by atoms with E-state index in [-0.39, 0.29) is 4.90 Å². The molecule has 1 spiro atoms. The van der Waals surface area contributed by atoms with E-state index < -0.39 is 15.6 Å².